The fraction of sp³-hybridized carbons (Fsp3) is 0.400. The zero-order valence-electron chi connectivity index (χ0n) is 8.65. The predicted octanol–water partition coefficient (Wildman–Crippen LogP) is 3.53. The number of hydrogen-bond acceptors (Lipinski definition) is 1. The van der Waals surface area contributed by atoms with E-state index in [9.17, 15) is 26.3 Å². The van der Waals surface area contributed by atoms with Crippen LogP contribution in [0, 0.1) is 0 Å². The SMILES string of the molecule is CN[C@@H](c1ccc(C(F)(F)F)cc1)C(F)(F)F. The second-order valence-corrected chi connectivity index (χ2v) is 3.38. The maximum atomic E-state index is 12.5. The van der Waals surface area contributed by atoms with Gasteiger partial charge in [0.25, 0.3) is 0 Å². The van der Waals surface area contributed by atoms with E-state index in [0.717, 1.165) is 19.2 Å². The Kier molecular flexibility index (Phi) is 3.71. The molecule has 0 saturated heterocycles. The highest BCUT2D eigenvalue weighted by Gasteiger charge is 2.40. The monoisotopic (exact) mass is 257 g/mol. The summed E-state index contributed by atoms with van der Waals surface area (Å²) in [4.78, 5) is 0. The number of hydrogen-bond donors (Lipinski definition) is 1. The molecule has 0 spiro atoms. The first-order chi connectivity index (χ1) is 7.66. The van der Waals surface area contributed by atoms with Gasteiger partial charge >= 0.3 is 12.4 Å². The highest BCUT2D eigenvalue weighted by molar-refractivity contribution is 5.27. The van der Waals surface area contributed by atoms with Gasteiger partial charge < -0.3 is 5.32 Å². The minimum absolute atomic E-state index is 0.256. The highest BCUT2D eigenvalue weighted by Crippen LogP contribution is 2.34. The third-order valence-electron chi connectivity index (χ3n) is 2.19. The van der Waals surface area contributed by atoms with Crippen LogP contribution in [0.5, 0.6) is 0 Å². The summed E-state index contributed by atoms with van der Waals surface area (Å²) in [6.07, 6.45) is -9.10. The van der Waals surface area contributed by atoms with Gasteiger partial charge in [-0.15, -0.1) is 0 Å². The van der Waals surface area contributed by atoms with Gasteiger partial charge in [0.05, 0.1) is 5.56 Å². The van der Waals surface area contributed by atoms with E-state index >= 15 is 0 Å². The van der Waals surface area contributed by atoms with Crippen LogP contribution >= 0.6 is 0 Å². The summed E-state index contributed by atoms with van der Waals surface area (Å²) in [5, 5.41) is 2.01. The Morgan fingerprint density at radius 1 is 0.941 bits per heavy atom. The third-order valence-corrected chi connectivity index (χ3v) is 2.19. The maximum absolute atomic E-state index is 12.5. The Bertz CT molecular complexity index is 364. The molecule has 0 aromatic heterocycles. The molecule has 0 fully saturated rings. The van der Waals surface area contributed by atoms with Gasteiger partial charge in [-0.2, -0.15) is 26.3 Å². The van der Waals surface area contributed by atoms with Gasteiger partial charge in [0.15, 0.2) is 0 Å². The molecular weight excluding hydrogens is 248 g/mol. The Morgan fingerprint density at radius 2 is 1.41 bits per heavy atom. The molecule has 7 heteroatoms. The van der Waals surface area contributed by atoms with Gasteiger partial charge in [-0.1, -0.05) is 12.1 Å². The molecule has 1 rings (SSSR count). The van der Waals surface area contributed by atoms with Gasteiger partial charge in [-0.05, 0) is 24.7 Å². The van der Waals surface area contributed by atoms with Crippen molar-refractivity contribution in [3.63, 3.8) is 0 Å². The van der Waals surface area contributed by atoms with E-state index in [-0.39, 0.29) is 5.56 Å². The van der Waals surface area contributed by atoms with Crippen LogP contribution in [0.2, 0.25) is 0 Å². The molecular formula is C10H9F6N. The molecule has 0 aliphatic carbocycles. The minimum Gasteiger partial charge on any atom is -0.306 e. The van der Waals surface area contributed by atoms with Gasteiger partial charge in [0, 0.05) is 0 Å². The summed E-state index contributed by atoms with van der Waals surface area (Å²) in [5.74, 6) is 0. The maximum Gasteiger partial charge on any atom is 0.416 e. The lowest BCUT2D eigenvalue weighted by atomic mass is 10.0. The topological polar surface area (TPSA) is 12.0 Å². The molecule has 0 heterocycles. The quantitative estimate of drug-likeness (QED) is 0.799. The normalized spacial score (nSPS) is 14.8. The number of nitrogens with one attached hydrogen (secondary N) is 1. The molecule has 96 valence electrons. The fourth-order valence-electron chi connectivity index (χ4n) is 1.38. The van der Waals surface area contributed by atoms with Gasteiger partial charge in [0.2, 0.25) is 0 Å². The largest absolute Gasteiger partial charge is 0.416 e. The fourth-order valence-corrected chi connectivity index (χ4v) is 1.38. The van der Waals surface area contributed by atoms with E-state index in [4.69, 9.17) is 0 Å². The number of benzene rings is 1. The predicted molar refractivity (Wildman–Crippen MR) is 49.3 cm³/mol. The van der Waals surface area contributed by atoms with Gasteiger partial charge in [-0.3, -0.25) is 0 Å². The molecule has 0 aliphatic rings. The van der Waals surface area contributed by atoms with Crippen molar-refractivity contribution in [1.29, 1.82) is 0 Å². The van der Waals surface area contributed by atoms with Crippen LogP contribution in [0.4, 0.5) is 26.3 Å². The molecule has 0 radical (unpaired) electrons. The highest BCUT2D eigenvalue weighted by atomic mass is 19.4. The molecule has 1 N–H and O–H groups in total. The van der Waals surface area contributed by atoms with E-state index in [2.05, 4.69) is 0 Å². The van der Waals surface area contributed by atoms with Crippen molar-refractivity contribution in [2.45, 2.75) is 18.4 Å². The van der Waals surface area contributed by atoms with E-state index in [1.807, 2.05) is 5.32 Å². The standard InChI is InChI=1S/C10H9F6N/c1-17-8(10(14,15)16)6-2-4-7(5-3-6)9(11,12)13/h2-5,8,17H,1H3/t8-/m0/s1. The van der Waals surface area contributed by atoms with E-state index in [1.54, 1.807) is 0 Å². The van der Waals surface area contributed by atoms with Crippen LogP contribution in [0.15, 0.2) is 24.3 Å². The van der Waals surface area contributed by atoms with Crippen LogP contribution in [0.1, 0.15) is 17.2 Å². The zero-order valence-corrected chi connectivity index (χ0v) is 8.65. The van der Waals surface area contributed by atoms with Crippen molar-refractivity contribution in [1.82, 2.24) is 5.32 Å². The molecule has 1 aromatic rings. The van der Waals surface area contributed by atoms with Crippen LogP contribution < -0.4 is 5.32 Å². The van der Waals surface area contributed by atoms with Crippen molar-refractivity contribution >= 4 is 0 Å². The Balaban J connectivity index is 3.02. The van der Waals surface area contributed by atoms with Crippen LogP contribution in [-0.2, 0) is 6.18 Å². The Morgan fingerprint density at radius 3 is 1.71 bits per heavy atom. The molecule has 0 aliphatic heterocycles. The summed E-state index contributed by atoms with van der Waals surface area (Å²) in [6, 6.07) is 0.927. The van der Waals surface area contributed by atoms with Crippen LogP contribution in [0.25, 0.3) is 0 Å². The molecule has 0 saturated carbocycles. The first-order valence-electron chi connectivity index (χ1n) is 4.57. The molecule has 1 aromatic carbocycles. The second kappa shape index (κ2) is 4.56. The molecule has 0 amide bonds. The number of halogens is 6. The summed E-state index contributed by atoms with van der Waals surface area (Å²) in [5.41, 5.74) is -1.23. The molecule has 0 unspecified atom stereocenters. The third kappa shape index (κ3) is 3.36. The summed E-state index contributed by atoms with van der Waals surface area (Å²) in [6.45, 7) is 0. The summed E-state index contributed by atoms with van der Waals surface area (Å²) in [7, 11) is 1.09. The molecule has 0 bridgehead atoms. The van der Waals surface area contributed by atoms with Crippen LogP contribution in [-0.4, -0.2) is 13.2 Å². The summed E-state index contributed by atoms with van der Waals surface area (Å²) >= 11 is 0. The lowest BCUT2D eigenvalue weighted by Crippen LogP contribution is -2.31. The van der Waals surface area contributed by atoms with Crippen molar-refractivity contribution < 1.29 is 26.3 Å². The average molecular weight is 257 g/mol. The lowest BCUT2D eigenvalue weighted by molar-refractivity contribution is -0.156. The van der Waals surface area contributed by atoms with Crippen molar-refractivity contribution in [3.8, 4) is 0 Å². The Labute approximate surface area is 93.4 Å². The second-order valence-electron chi connectivity index (χ2n) is 3.38. The lowest BCUT2D eigenvalue weighted by Gasteiger charge is -2.20. The first-order valence-corrected chi connectivity index (χ1v) is 4.57. The average Bonchev–Trinajstić information content (AvgIpc) is 2.16. The molecule has 1 nitrogen and oxygen atoms in total. The summed E-state index contributed by atoms with van der Waals surface area (Å²) < 4.78 is 74.0. The van der Waals surface area contributed by atoms with Gasteiger partial charge in [0.1, 0.15) is 6.04 Å². The Hall–Kier alpha value is -1.24. The van der Waals surface area contributed by atoms with Crippen molar-refractivity contribution in [2.75, 3.05) is 7.05 Å². The van der Waals surface area contributed by atoms with Crippen molar-refractivity contribution in [3.05, 3.63) is 35.4 Å². The first kappa shape index (κ1) is 13.8. The van der Waals surface area contributed by atoms with E-state index in [1.165, 1.54) is 0 Å². The number of alkyl halides is 6. The molecule has 1 atom stereocenters. The van der Waals surface area contributed by atoms with E-state index < -0.39 is 24.0 Å². The van der Waals surface area contributed by atoms with E-state index in [0.29, 0.717) is 12.1 Å². The van der Waals surface area contributed by atoms with Crippen molar-refractivity contribution in [2.24, 2.45) is 0 Å². The minimum atomic E-state index is -4.55. The number of rotatable bonds is 2. The zero-order chi connectivity index (χ0) is 13.3. The van der Waals surface area contributed by atoms with Crippen LogP contribution in [0.3, 0.4) is 0 Å². The smallest absolute Gasteiger partial charge is 0.306 e. The molecule has 17 heavy (non-hydrogen) atoms. The van der Waals surface area contributed by atoms with Gasteiger partial charge in [-0.25, -0.2) is 0 Å².